The Kier molecular flexibility index (Phi) is 11.2. The zero-order valence-electron chi connectivity index (χ0n) is 20.7. The lowest BCUT2D eigenvalue weighted by molar-refractivity contribution is -0.157. The van der Waals surface area contributed by atoms with Crippen LogP contribution in [0.15, 0.2) is 30.3 Å². The van der Waals surface area contributed by atoms with Crippen molar-refractivity contribution in [2.45, 2.75) is 25.3 Å². The lowest BCUT2D eigenvalue weighted by atomic mass is 10.1. The summed E-state index contributed by atoms with van der Waals surface area (Å²) in [7, 11) is 0. The van der Waals surface area contributed by atoms with Gasteiger partial charge in [0, 0.05) is 24.8 Å². The molecule has 0 saturated carbocycles. The molecule has 1 aliphatic heterocycles. The van der Waals surface area contributed by atoms with Crippen LogP contribution in [0.1, 0.15) is 9.67 Å². The SMILES string of the molecule is O=C(NC[C@@H](C(=O)Nc1ccc(N2CCOCC2=O)c(OC(F)F)c1)N(CC(F)F)CC(F)(F)F)c1ccc(Cl)s1. The molecular weight excluding hydrogens is 613 g/mol. The van der Waals surface area contributed by atoms with Crippen LogP contribution in [0.2, 0.25) is 4.34 Å². The van der Waals surface area contributed by atoms with Gasteiger partial charge >= 0.3 is 12.8 Å². The number of nitrogens with one attached hydrogen (secondary N) is 2. The molecule has 2 heterocycles. The van der Waals surface area contributed by atoms with Crippen LogP contribution in [0.4, 0.5) is 42.1 Å². The first kappa shape index (κ1) is 32.4. The molecule has 1 aliphatic rings. The molecule has 0 bridgehead atoms. The molecule has 3 amide bonds. The molecule has 1 aromatic carbocycles. The third-order valence-electron chi connectivity index (χ3n) is 5.47. The second-order valence-electron chi connectivity index (χ2n) is 8.41. The van der Waals surface area contributed by atoms with Gasteiger partial charge in [0.25, 0.3) is 18.2 Å². The first-order chi connectivity index (χ1) is 19.2. The second kappa shape index (κ2) is 14.2. The van der Waals surface area contributed by atoms with E-state index < -0.39 is 68.4 Å². The molecule has 0 aliphatic carbocycles. The maximum atomic E-state index is 13.3. The van der Waals surface area contributed by atoms with Crippen LogP contribution in [0.3, 0.4) is 0 Å². The van der Waals surface area contributed by atoms with E-state index in [-0.39, 0.29) is 45.2 Å². The summed E-state index contributed by atoms with van der Waals surface area (Å²) in [6.45, 7) is -7.80. The molecule has 2 aromatic rings. The lowest BCUT2D eigenvalue weighted by Gasteiger charge is -2.31. The van der Waals surface area contributed by atoms with Crippen molar-refractivity contribution in [2.75, 3.05) is 49.6 Å². The van der Waals surface area contributed by atoms with Gasteiger partial charge in [-0.3, -0.25) is 19.3 Å². The molecule has 0 radical (unpaired) electrons. The summed E-state index contributed by atoms with van der Waals surface area (Å²) in [4.78, 5) is 39.0. The van der Waals surface area contributed by atoms with E-state index in [4.69, 9.17) is 16.3 Å². The zero-order chi connectivity index (χ0) is 30.3. The number of benzene rings is 1. The molecule has 0 spiro atoms. The van der Waals surface area contributed by atoms with Gasteiger partial charge in [-0.1, -0.05) is 11.6 Å². The highest BCUT2D eigenvalue weighted by Crippen LogP contribution is 2.34. The number of alkyl halides is 7. The molecule has 1 fully saturated rings. The summed E-state index contributed by atoms with van der Waals surface area (Å²) in [5.41, 5.74) is -0.355. The highest BCUT2D eigenvalue weighted by atomic mass is 35.5. The number of hydrogen-bond acceptors (Lipinski definition) is 7. The van der Waals surface area contributed by atoms with E-state index in [0.29, 0.717) is 0 Å². The number of hydrogen-bond donors (Lipinski definition) is 2. The van der Waals surface area contributed by atoms with Crippen molar-refractivity contribution in [3.8, 4) is 5.75 Å². The number of ether oxygens (including phenoxy) is 2. The molecule has 1 saturated heterocycles. The van der Waals surface area contributed by atoms with Gasteiger partial charge in [-0.15, -0.1) is 11.3 Å². The molecule has 0 unspecified atom stereocenters. The molecule has 1 atom stereocenters. The van der Waals surface area contributed by atoms with Gasteiger partial charge in [0.1, 0.15) is 12.6 Å². The monoisotopic (exact) mass is 634 g/mol. The summed E-state index contributed by atoms with van der Waals surface area (Å²) in [6.07, 6.45) is -8.28. The Morgan fingerprint density at radius 2 is 1.90 bits per heavy atom. The van der Waals surface area contributed by atoms with Crippen molar-refractivity contribution in [3.63, 3.8) is 0 Å². The van der Waals surface area contributed by atoms with Crippen LogP contribution >= 0.6 is 22.9 Å². The third-order valence-corrected chi connectivity index (χ3v) is 6.70. The normalized spacial score (nSPS) is 15.0. The fourth-order valence-electron chi connectivity index (χ4n) is 3.81. The van der Waals surface area contributed by atoms with Gasteiger partial charge < -0.3 is 25.0 Å². The van der Waals surface area contributed by atoms with Crippen LogP contribution in [0.25, 0.3) is 0 Å². The van der Waals surface area contributed by atoms with Crippen molar-refractivity contribution >= 4 is 52.0 Å². The van der Waals surface area contributed by atoms with Gasteiger partial charge in [0.2, 0.25) is 5.91 Å². The van der Waals surface area contributed by atoms with Crippen molar-refractivity contribution in [1.82, 2.24) is 10.2 Å². The molecule has 9 nitrogen and oxygen atoms in total. The van der Waals surface area contributed by atoms with Crippen LogP contribution in [0, 0.1) is 0 Å². The first-order valence-corrected chi connectivity index (χ1v) is 12.8. The summed E-state index contributed by atoms with van der Waals surface area (Å²) < 4.78 is 102. The van der Waals surface area contributed by atoms with Crippen LogP contribution in [-0.4, -0.2) is 87.3 Å². The Morgan fingerprint density at radius 3 is 2.49 bits per heavy atom. The first-order valence-electron chi connectivity index (χ1n) is 11.6. The zero-order valence-corrected chi connectivity index (χ0v) is 22.3. The van der Waals surface area contributed by atoms with Crippen LogP contribution < -0.4 is 20.3 Å². The third kappa shape index (κ3) is 9.72. The number of carbonyl (C=O) groups excluding carboxylic acids is 3. The van der Waals surface area contributed by atoms with E-state index in [0.717, 1.165) is 34.4 Å². The number of rotatable bonds is 12. The Balaban J connectivity index is 1.89. The number of halogens is 8. The van der Waals surface area contributed by atoms with E-state index in [1.807, 2.05) is 0 Å². The predicted molar refractivity (Wildman–Crippen MR) is 134 cm³/mol. The highest BCUT2D eigenvalue weighted by molar-refractivity contribution is 7.18. The Labute approximate surface area is 237 Å². The van der Waals surface area contributed by atoms with Crippen molar-refractivity contribution in [3.05, 3.63) is 39.5 Å². The standard InChI is InChI=1S/C23H22ClF7N4O5S/c24-17-4-3-16(41-17)21(38)32-8-14(34(9-18(25)26)11-23(29,30)31)20(37)33-12-1-2-13(15(7-12)40-22(27)28)35-5-6-39-10-19(35)36/h1-4,7,14,18,22H,5-6,8-11H2,(H,32,38)(H,33,37)/t14-/m0/s1. The largest absolute Gasteiger partial charge is 0.433 e. The number of nitrogens with zero attached hydrogens (tertiary/aromatic N) is 2. The Morgan fingerprint density at radius 1 is 1.17 bits per heavy atom. The number of amides is 3. The maximum Gasteiger partial charge on any atom is 0.401 e. The van der Waals surface area contributed by atoms with E-state index in [9.17, 15) is 45.1 Å². The van der Waals surface area contributed by atoms with Crippen LogP contribution in [-0.2, 0) is 14.3 Å². The highest BCUT2D eigenvalue weighted by Gasteiger charge is 2.38. The smallest absolute Gasteiger partial charge is 0.401 e. The number of thiophene rings is 1. The molecule has 226 valence electrons. The van der Waals surface area contributed by atoms with Gasteiger partial charge in [-0.2, -0.15) is 22.0 Å². The average Bonchev–Trinajstić information content (AvgIpc) is 3.29. The fraction of sp³-hybridized carbons (Fsp3) is 0.435. The van der Waals surface area contributed by atoms with Gasteiger partial charge in [-0.25, -0.2) is 8.78 Å². The topological polar surface area (TPSA) is 100 Å². The van der Waals surface area contributed by atoms with Gasteiger partial charge in [-0.05, 0) is 24.3 Å². The van der Waals surface area contributed by atoms with E-state index in [1.165, 1.54) is 12.1 Å². The molecule has 41 heavy (non-hydrogen) atoms. The van der Waals surface area contributed by atoms with E-state index >= 15 is 0 Å². The molecular formula is C23H22ClF7N4O5S. The lowest BCUT2D eigenvalue weighted by Crippen LogP contribution is -2.54. The molecule has 1 aromatic heterocycles. The minimum Gasteiger partial charge on any atom is -0.433 e. The molecule has 18 heteroatoms. The Bertz CT molecular complexity index is 1230. The number of carbonyl (C=O) groups is 3. The predicted octanol–water partition coefficient (Wildman–Crippen LogP) is 4.23. The minimum absolute atomic E-state index is 0.00138. The fourth-order valence-corrected chi connectivity index (χ4v) is 4.77. The number of anilines is 2. The van der Waals surface area contributed by atoms with Crippen molar-refractivity contribution < 1.29 is 54.6 Å². The summed E-state index contributed by atoms with van der Waals surface area (Å²) in [6, 6.07) is 3.91. The minimum atomic E-state index is -5.00. The Hall–Kier alpha value is -3.15. The van der Waals surface area contributed by atoms with Gasteiger partial charge in [0.15, 0.2) is 5.75 Å². The maximum absolute atomic E-state index is 13.3. The molecule has 2 N–H and O–H groups in total. The molecule has 3 rings (SSSR count). The van der Waals surface area contributed by atoms with E-state index in [1.54, 1.807) is 0 Å². The number of morpholine rings is 1. The quantitative estimate of drug-likeness (QED) is 0.339. The van der Waals surface area contributed by atoms with Crippen LogP contribution in [0.5, 0.6) is 5.75 Å². The summed E-state index contributed by atoms with van der Waals surface area (Å²) in [5, 5.41) is 4.42. The second-order valence-corrected chi connectivity index (χ2v) is 10.1. The van der Waals surface area contributed by atoms with Crippen molar-refractivity contribution in [2.24, 2.45) is 0 Å². The summed E-state index contributed by atoms with van der Waals surface area (Å²) in [5.74, 6) is -3.20. The van der Waals surface area contributed by atoms with E-state index in [2.05, 4.69) is 15.4 Å². The van der Waals surface area contributed by atoms with Crippen molar-refractivity contribution in [1.29, 1.82) is 0 Å². The summed E-state index contributed by atoms with van der Waals surface area (Å²) >= 11 is 6.61. The average molecular weight is 635 g/mol. The van der Waals surface area contributed by atoms with Gasteiger partial charge in [0.05, 0.1) is 34.6 Å².